The Morgan fingerprint density at radius 3 is 2.37 bits per heavy atom. The Morgan fingerprint density at radius 1 is 1.11 bits per heavy atom. The van der Waals surface area contributed by atoms with Crippen molar-refractivity contribution in [3.63, 3.8) is 0 Å². The Balaban J connectivity index is 1.85. The van der Waals surface area contributed by atoms with Crippen molar-refractivity contribution in [3.8, 4) is 0 Å². The molecule has 0 bridgehead atoms. The van der Waals surface area contributed by atoms with Crippen LogP contribution in [0.3, 0.4) is 0 Å². The van der Waals surface area contributed by atoms with Gasteiger partial charge in [-0.15, -0.1) is 0 Å². The monoisotopic (exact) mass is 394 g/mol. The van der Waals surface area contributed by atoms with E-state index in [1.165, 1.54) is 6.07 Å². The summed E-state index contributed by atoms with van der Waals surface area (Å²) in [6.07, 6.45) is 0.547. The smallest absolute Gasteiger partial charge is 0.326 e. The van der Waals surface area contributed by atoms with E-state index in [1.807, 2.05) is 30.3 Å². The number of benzene rings is 2. The lowest BCUT2D eigenvalue weighted by molar-refractivity contribution is -0.0279. The Morgan fingerprint density at radius 2 is 1.78 bits per heavy atom. The summed E-state index contributed by atoms with van der Waals surface area (Å²) in [6, 6.07) is 14.3. The largest absolute Gasteiger partial charge is 0.470 e. The van der Waals surface area contributed by atoms with Gasteiger partial charge in [0.2, 0.25) is 0 Å². The van der Waals surface area contributed by atoms with Crippen LogP contribution in [0.2, 0.25) is 0 Å². The topological polar surface area (TPSA) is 96.0 Å². The Hall–Kier alpha value is -1.60. The zero-order valence-corrected chi connectivity index (χ0v) is 15.8. The number of hydrogen-bond donors (Lipinski definition) is 3. The predicted octanol–water partition coefficient (Wildman–Crippen LogP) is 2.89. The van der Waals surface area contributed by atoms with Crippen molar-refractivity contribution in [2.75, 3.05) is 13.1 Å². The fourth-order valence-corrected chi connectivity index (χ4v) is 4.34. The molecule has 1 aliphatic heterocycles. The molecule has 0 saturated carbocycles. The minimum absolute atomic E-state index is 0.160. The van der Waals surface area contributed by atoms with Crippen molar-refractivity contribution in [2.45, 2.75) is 31.5 Å². The van der Waals surface area contributed by atoms with E-state index in [4.69, 9.17) is 10.3 Å². The van der Waals surface area contributed by atoms with Crippen molar-refractivity contribution in [1.29, 1.82) is 0 Å². The number of hydrogen-bond acceptors (Lipinski definition) is 4. The molecule has 1 aliphatic rings. The molecule has 8 heteroatoms. The number of halogens is 1. The Labute approximate surface area is 158 Å². The van der Waals surface area contributed by atoms with Crippen LogP contribution in [0, 0.1) is 5.82 Å². The first-order chi connectivity index (χ1) is 12.8. The average molecular weight is 394 g/mol. The van der Waals surface area contributed by atoms with Crippen molar-refractivity contribution in [2.24, 2.45) is 5.73 Å². The molecular formula is C19H24FN2O4P. The number of nitrogens with two attached hydrogens (primary N) is 1. The van der Waals surface area contributed by atoms with Gasteiger partial charge in [-0.1, -0.05) is 36.4 Å². The molecule has 0 aliphatic carbocycles. The van der Waals surface area contributed by atoms with Crippen LogP contribution in [0.15, 0.2) is 48.5 Å². The third-order valence-electron chi connectivity index (χ3n) is 4.96. The van der Waals surface area contributed by atoms with E-state index < -0.39 is 19.2 Å². The Bertz CT molecular complexity index is 820. The molecule has 0 unspecified atom stereocenters. The zero-order valence-electron chi connectivity index (χ0n) is 14.9. The fraction of sp³-hybridized carbons (Fsp3) is 0.368. The van der Waals surface area contributed by atoms with Gasteiger partial charge in [0.15, 0.2) is 0 Å². The molecule has 0 atom stereocenters. The molecule has 2 aromatic rings. The highest BCUT2D eigenvalue weighted by Gasteiger charge is 2.44. The van der Waals surface area contributed by atoms with Gasteiger partial charge in [-0.25, -0.2) is 8.96 Å². The van der Waals surface area contributed by atoms with Gasteiger partial charge >= 0.3 is 7.82 Å². The minimum Gasteiger partial charge on any atom is -0.326 e. The summed E-state index contributed by atoms with van der Waals surface area (Å²) in [7, 11) is -4.81. The number of likely N-dealkylation sites (tertiary alicyclic amines) is 1. The van der Waals surface area contributed by atoms with Crippen molar-refractivity contribution in [1.82, 2.24) is 4.90 Å². The maximum Gasteiger partial charge on any atom is 0.470 e. The Kier molecular flexibility index (Phi) is 6.11. The minimum atomic E-state index is -4.81. The molecule has 0 spiro atoms. The maximum atomic E-state index is 14.6. The van der Waals surface area contributed by atoms with E-state index in [2.05, 4.69) is 4.90 Å². The third-order valence-corrected chi connectivity index (χ3v) is 5.55. The molecule has 0 amide bonds. The van der Waals surface area contributed by atoms with E-state index >= 15 is 0 Å². The summed E-state index contributed by atoms with van der Waals surface area (Å²) >= 11 is 0. The van der Waals surface area contributed by atoms with Crippen LogP contribution in [0.1, 0.15) is 29.5 Å². The second-order valence-electron chi connectivity index (χ2n) is 6.86. The second kappa shape index (κ2) is 8.19. The van der Waals surface area contributed by atoms with Gasteiger partial charge in [-0.05, 0) is 36.1 Å². The lowest BCUT2D eigenvalue weighted by atomic mass is 9.83. The second-order valence-corrected chi connectivity index (χ2v) is 8.02. The van der Waals surface area contributed by atoms with Gasteiger partial charge in [0, 0.05) is 31.7 Å². The third kappa shape index (κ3) is 5.02. The summed E-state index contributed by atoms with van der Waals surface area (Å²) in [5.74, 6) is -0.544. The molecule has 2 aromatic carbocycles. The van der Waals surface area contributed by atoms with Crippen LogP contribution in [0.4, 0.5) is 4.39 Å². The SMILES string of the molecule is NCc1ccc(F)c(C2(OP(=O)(O)O)CCN(Cc3ccccc3)CC2)c1. The molecule has 3 rings (SSSR count). The molecule has 6 nitrogen and oxygen atoms in total. The summed E-state index contributed by atoms with van der Waals surface area (Å²) in [4.78, 5) is 21.1. The number of phosphoric acid groups is 1. The first kappa shape index (κ1) is 20.1. The van der Waals surface area contributed by atoms with Crippen LogP contribution in [0.25, 0.3) is 0 Å². The standard InChI is InChI=1S/C19H24FN2O4P/c20-18-7-6-16(13-21)12-17(18)19(26-27(23,24)25)8-10-22(11-9-19)14-15-4-2-1-3-5-15/h1-7,12H,8-11,13-14,21H2,(H2,23,24,25). The molecule has 0 aromatic heterocycles. The van der Waals surface area contributed by atoms with Gasteiger partial charge in [0.25, 0.3) is 0 Å². The summed E-state index contributed by atoms with van der Waals surface area (Å²) < 4.78 is 31.4. The number of nitrogens with zero attached hydrogens (tertiary/aromatic N) is 1. The summed E-state index contributed by atoms with van der Waals surface area (Å²) in [5, 5.41) is 0. The highest BCUT2D eigenvalue weighted by atomic mass is 31.2. The first-order valence-corrected chi connectivity index (χ1v) is 10.4. The van der Waals surface area contributed by atoms with Gasteiger partial charge in [-0.3, -0.25) is 9.42 Å². The molecule has 146 valence electrons. The first-order valence-electron chi connectivity index (χ1n) is 8.83. The van der Waals surface area contributed by atoms with Crippen LogP contribution in [-0.4, -0.2) is 27.8 Å². The van der Waals surface area contributed by atoms with Crippen LogP contribution < -0.4 is 5.73 Å². The fourth-order valence-electron chi connectivity index (χ4n) is 3.60. The van der Waals surface area contributed by atoms with Crippen molar-refractivity contribution in [3.05, 3.63) is 71.0 Å². The predicted molar refractivity (Wildman–Crippen MR) is 100 cm³/mol. The quantitative estimate of drug-likeness (QED) is 0.652. The average Bonchev–Trinajstić information content (AvgIpc) is 2.63. The van der Waals surface area contributed by atoms with Crippen LogP contribution in [0.5, 0.6) is 0 Å². The van der Waals surface area contributed by atoms with Gasteiger partial charge in [-0.2, -0.15) is 0 Å². The normalized spacial score (nSPS) is 17.8. The van der Waals surface area contributed by atoms with Crippen LogP contribution in [-0.2, 0) is 27.8 Å². The number of rotatable bonds is 6. The van der Waals surface area contributed by atoms with E-state index in [1.54, 1.807) is 12.1 Å². The summed E-state index contributed by atoms with van der Waals surface area (Å²) in [5.41, 5.74) is 6.28. The van der Waals surface area contributed by atoms with Crippen LogP contribution >= 0.6 is 7.82 Å². The lowest BCUT2D eigenvalue weighted by Crippen LogP contribution is -2.44. The molecule has 1 saturated heterocycles. The van der Waals surface area contributed by atoms with E-state index in [0.717, 1.165) is 12.1 Å². The molecule has 0 radical (unpaired) electrons. The highest BCUT2D eigenvalue weighted by molar-refractivity contribution is 7.46. The van der Waals surface area contributed by atoms with Crippen molar-refractivity contribution < 1.29 is 23.3 Å². The number of phosphoric ester groups is 1. The van der Waals surface area contributed by atoms with Gasteiger partial charge in [0.05, 0.1) is 0 Å². The molecule has 4 N–H and O–H groups in total. The summed E-state index contributed by atoms with van der Waals surface area (Å²) in [6.45, 7) is 1.99. The van der Waals surface area contributed by atoms with Crippen molar-refractivity contribution >= 4 is 7.82 Å². The highest BCUT2D eigenvalue weighted by Crippen LogP contribution is 2.50. The molecule has 27 heavy (non-hydrogen) atoms. The van der Waals surface area contributed by atoms with E-state index in [9.17, 15) is 18.7 Å². The van der Waals surface area contributed by atoms with E-state index in [-0.39, 0.29) is 24.9 Å². The lowest BCUT2D eigenvalue weighted by Gasteiger charge is -2.42. The maximum absolute atomic E-state index is 14.6. The van der Waals surface area contributed by atoms with Gasteiger partial charge in [0.1, 0.15) is 11.4 Å². The number of piperidine rings is 1. The molecular weight excluding hydrogens is 370 g/mol. The molecule has 1 fully saturated rings. The van der Waals surface area contributed by atoms with Gasteiger partial charge < -0.3 is 15.5 Å². The zero-order chi connectivity index (χ0) is 19.5. The van der Waals surface area contributed by atoms with E-state index in [0.29, 0.717) is 18.7 Å². The molecule has 1 heterocycles.